The van der Waals surface area contributed by atoms with Crippen molar-refractivity contribution < 1.29 is 19.0 Å². The van der Waals surface area contributed by atoms with Crippen LogP contribution in [0.3, 0.4) is 0 Å². The van der Waals surface area contributed by atoms with Gasteiger partial charge in [0.15, 0.2) is 0 Å². The van der Waals surface area contributed by atoms with Gasteiger partial charge < -0.3 is 0 Å². The Morgan fingerprint density at radius 3 is 3.19 bits per heavy atom. The molecule has 1 aromatic heterocycles. The minimum atomic E-state index is -0.631. The average molecular weight is 290 g/mol. The fourth-order valence-electron chi connectivity index (χ4n) is 2.05. The Bertz CT molecular complexity index is 554. The molecule has 9 heteroatoms. The number of anilines is 2. The molecule has 0 bridgehead atoms. The van der Waals surface area contributed by atoms with Crippen LogP contribution in [0.2, 0.25) is 0 Å². The molecule has 0 saturated heterocycles. The summed E-state index contributed by atoms with van der Waals surface area (Å²) in [6.45, 7) is 0.0589. The number of amides is 1. The van der Waals surface area contributed by atoms with Gasteiger partial charge in [0.05, 0.1) is 0 Å². The number of pyridine rings is 1. The summed E-state index contributed by atoms with van der Waals surface area (Å²) in [5.74, 6) is -0.346. The Hall–Kier alpha value is -2.29. The standard InChI is InChI=1S/C12H15BN4O4/c1-21-10(18)6-17-9-3-2-4-14-11(9)15-5-8(12(17)19)16-7-13-20/h2-4,8,16H,5-7H2,1H3,(H,14,15)/t8-/m0/s1. The molecule has 110 valence electrons. The van der Waals surface area contributed by atoms with E-state index in [0.29, 0.717) is 18.7 Å². The van der Waals surface area contributed by atoms with Crippen molar-refractivity contribution in [3.63, 3.8) is 0 Å². The van der Waals surface area contributed by atoms with Gasteiger partial charge in [0.1, 0.15) is 0 Å². The van der Waals surface area contributed by atoms with Gasteiger partial charge in [0, 0.05) is 0 Å². The number of esters is 1. The van der Waals surface area contributed by atoms with Crippen molar-refractivity contribution in [3.05, 3.63) is 18.3 Å². The number of hydrogen-bond acceptors (Lipinski definition) is 7. The molecule has 0 aromatic carbocycles. The molecule has 0 radical (unpaired) electrons. The second-order valence-electron chi connectivity index (χ2n) is 4.38. The van der Waals surface area contributed by atoms with Crippen LogP contribution < -0.4 is 15.5 Å². The van der Waals surface area contributed by atoms with Crippen molar-refractivity contribution in [3.8, 4) is 0 Å². The molecule has 2 N–H and O–H groups in total. The van der Waals surface area contributed by atoms with E-state index in [4.69, 9.17) is 0 Å². The van der Waals surface area contributed by atoms with Crippen LogP contribution in [-0.4, -0.2) is 56.7 Å². The molecule has 0 fully saturated rings. The number of carbonyl (C=O) groups is 2. The fourth-order valence-corrected chi connectivity index (χ4v) is 2.05. The summed E-state index contributed by atoms with van der Waals surface area (Å²) in [7, 11) is 1.93. The first-order chi connectivity index (χ1) is 10.2. The van der Waals surface area contributed by atoms with Gasteiger partial charge in [-0.25, -0.2) is 0 Å². The van der Waals surface area contributed by atoms with Crippen LogP contribution in [-0.2, 0) is 19.0 Å². The zero-order valence-electron chi connectivity index (χ0n) is 11.5. The summed E-state index contributed by atoms with van der Waals surface area (Å²) < 4.78 is 15.1. The molecular formula is C12H15BN4O4. The van der Waals surface area contributed by atoms with Gasteiger partial charge in [-0.1, -0.05) is 0 Å². The maximum absolute atomic E-state index is 12.5. The van der Waals surface area contributed by atoms with E-state index >= 15 is 0 Å². The van der Waals surface area contributed by atoms with E-state index < -0.39 is 12.0 Å². The first-order valence-electron chi connectivity index (χ1n) is 6.41. The third kappa shape index (κ3) is 3.43. The number of carbonyl (C=O) groups excluding carboxylic acids is 2. The van der Waals surface area contributed by atoms with Crippen molar-refractivity contribution in [1.82, 2.24) is 10.3 Å². The number of ether oxygens (including phenoxy) is 1. The topological polar surface area (TPSA) is 101 Å². The van der Waals surface area contributed by atoms with E-state index in [1.54, 1.807) is 18.3 Å². The van der Waals surface area contributed by atoms with Crippen molar-refractivity contribution in [2.75, 3.05) is 36.9 Å². The van der Waals surface area contributed by atoms with Crippen LogP contribution in [0, 0.1) is 0 Å². The molecule has 2 heterocycles. The van der Waals surface area contributed by atoms with E-state index in [9.17, 15) is 14.3 Å². The predicted octanol–water partition coefficient (Wildman–Crippen LogP) is -1.02. The molecule has 0 saturated carbocycles. The first-order valence-corrected chi connectivity index (χ1v) is 6.41. The van der Waals surface area contributed by atoms with E-state index in [-0.39, 0.29) is 25.4 Å². The Morgan fingerprint density at radius 1 is 1.67 bits per heavy atom. The van der Waals surface area contributed by atoms with E-state index in [1.807, 2.05) is 0 Å². The van der Waals surface area contributed by atoms with Gasteiger partial charge in [0.25, 0.3) is 0 Å². The van der Waals surface area contributed by atoms with Crippen LogP contribution in [0.4, 0.5) is 11.5 Å². The SMILES string of the molecule is COC(=O)CN1C(=O)[C@@H](NCB=O)CNc2ncccc21. The molecule has 0 unspecified atom stereocenters. The van der Waals surface area contributed by atoms with Crippen LogP contribution in [0.25, 0.3) is 0 Å². The van der Waals surface area contributed by atoms with E-state index in [2.05, 4.69) is 20.4 Å². The number of hydrogen-bond donors (Lipinski definition) is 2. The Balaban J connectivity index is 2.31. The molecule has 0 aliphatic carbocycles. The summed E-state index contributed by atoms with van der Waals surface area (Å²) in [6, 6.07) is 2.74. The molecule has 1 amide bonds. The molecule has 1 atom stereocenters. The number of methoxy groups -OCH3 is 1. The number of aromatic nitrogens is 1. The number of rotatable bonds is 5. The maximum atomic E-state index is 12.5. The monoisotopic (exact) mass is 290 g/mol. The van der Waals surface area contributed by atoms with Crippen LogP contribution >= 0.6 is 0 Å². The van der Waals surface area contributed by atoms with Crippen LogP contribution in [0.15, 0.2) is 18.3 Å². The van der Waals surface area contributed by atoms with Gasteiger partial charge in [-0.05, 0) is 0 Å². The van der Waals surface area contributed by atoms with Crippen molar-refractivity contribution >= 4 is 30.5 Å². The second-order valence-corrected chi connectivity index (χ2v) is 4.38. The molecule has 1 aliphatic rings. The van der Waals surface area contributed by atoms with Crippen molar-refractivity contribution in [2.24, 2.45) is 0 Å². The number of fused-ring (bicyclic) bond motifs is 1. The second kappa shape index (κ2) is 6.93. The Morgan fingerprint density at radius 2 is 2.48 bits per heavy atom. The van der Waals surface area contributed by atoms with Crippen LogP contribution in [0.5, 0.6) is 0 Å². The summed E-state index contributed by atoms with van der Waals surface area (Å²) in [5.41, 5.74) is 0.503. The van der Waals surface area contributed by atoms with Gasteiger partial charge in [0.2, 0.25) is 0 Å². The first kappa shape index (κ1) is 15.1. The Kier molecular flexibility index (Phi) is 4.99. The van der Waals surface area contributed by atoms with E-state index in [0.717, 1.165) is 0 Å². The van der Waals surface area contributed by atoms with Crippen LogP contribution in [0.1, 0.15) is 0 Å². The van der Waals surface area contributed by atoms with Gasteiger partial charge in [-0.2, -0.15) is 0 Å². The zero-order chi connectivity index (χ0) is 15.2. The summed E-state index contributed by atoms with van der Waals surface area (Å²) in [4.78, 5) is 29.5. The molecular weight excluding hydrogens is 275 g/mol. The third-order valence-electron chi connectivity index (χ3n) is 3.08. The number of nitrogens with one attached hydrogen (secondary N) is 2. The summed E-state index contributed by atoms with van der Waals surface area (Å²) in [5, 5.41) is 5.85. The molecule has 21 heavy (non-hydrogen) atoms. The predicted molar refractivity (Wildman–Crippen MR) is 75.3 cm³/mol. The molecule has 1 aromatic rings. The molecule has 8 nitrogen and oxygen atoms in total. The zero-order valence-corrected chi connectivity index (χ0v) is 11.5. The summed E-state index contributed by atoms with van der Waals surface area (Å²) >= 11 is 0. The minimum absolute atomic E-state index is 0.0495. The van der Waals surface area contributed by atoms with Gasteiger partial charge in [-0.15, -0.1) is 0 Å². The fraction of sp³-hybridized carbons (Fsp3) is 0.417. The van der Waals surface area contributed by atoms with E-state index in [1.165, 1.54) is 12.0 Å². The molecule has 2 rings (SSSR count). The summed E-state index contributed by atoms with van der Waals surface area (Å²) in [6.07, 6.45) is 1.64. The van der Waals surface area contributed by atoms with Gasteiger partial charge in [-0.3, -0.25) is 0 Å². The Labute approximate surface area is 122 Å². The van der Waals surface area contributed by atoms with Gasteiger partial charge >= 0.3 is 121 Å². The van der Waals surface area contributed by atoms with Crippen molar-refractivity contribution in [1.29, 1.82) is 0 Å². The molecule has 0 spiro atoms. The average Bonchev–Trinajstić information content (AvgIpc) is 2.64. The number of nitrogens with zero attached hydrogens (tertiary/aromatic N) is 2. The molecule has 1 aliphatic heterocycles. The normalized spacial score (nSPS) is 17.3. The quantitative estimate of drug-likeness (QED) is 0.528. The third-order valence-corrected chi connectivity index (χ3v) is 3.08. The van der Waals surface area contributed by atoms with Crippen molar-refractivity contribution in [2.45, 2.75) is 6.04 Å².